The number of hydrogen-bond donors (Lipinski definition) is 2. The number of aliphatic hydroxyl groups excluding tert-OH is 1. The van der Waals surface area contributed by atoms with Crippen LogP contribution in [0.5, 0.6) is 0 Å². The third-order valence-corrected chi connectivity index (χ3v) is 6.80. The molecule has 2 saturated heterocycles. The molecule has 5 heterocycles. The van der Waals surface area contributed by atoms with Gasteiger partial charge in [0.25, 0.3) is 0 Å². The Bertz CT molecular complexity index is 1110. The molecule has 0 radical (unpaired) electrons. The summed E-state index contributed by atoms with van der Waals surface area (Å²) in [7, 11) is 0. The molecule has 35 heavy (non-hydrogen) atoms. The van der Waals surface area contributed by atoms with Crippen LogP contribution in [0.25, 0.3) is 11.3 Å². The molecule has 1 atom stereocenters. The van der Waals surface area contributed by atoms with Gasteiger partial charge in [0.15, 0.2) is 0 Å². The third kappa shape index (κ3) is 5.10. The first-order chi connectivity index (χ1) is 16.9. The molecule has 3 aromatic rings. The van der Waals surface area contributed by atoms with E-state index in [1.807, 2.05) is 29.4 Å². The van der Waals surface area contributed by atoms with Crippen LogP contribution < -0.4 is 9.80 Å². The standard InChI is InChI=1S/C24H28F3N7O/c25-24(26,27)19-4-6-21(29-14-19)33-10-8-32(9-11-33)15-18-13-30-31-23(18)17-3-5-22(28-12-17)34-7-1-2-20(34)16-35/h3-6,12-14,20,35H,1-2,7-11,15-16H2,(H,30,31). The Balaban J connectivity index is 1.20. The van der Waals surface area contributed by atoms with Gasteiger partial charge in [0, 0.05) is 62.8 Å². The Morgan fingerprint density at radius 2 is 1.71 bits per heavy atom. The van der Waals surface area contributed by atoms with E-state index in [1.54, 1.807) is 0 Å². The van der Waals surface area contributed by atoms with E-state index in [0.717, 1.165) is 67.4 Å². The van der Waals surface area contributed by atoms with Crippen LogP contribution in [-0.2, 0) is 12.7 Å². The Morgan fingerprint density at radius 1 is 0.943 bits per heavy atom. The molecule has 0 bridgehead atoms. The number of hydrogen-bond acceptors (Lipinski definition) is 7. The summed E-state index contributed by atoms with van der Waals surface area (Å²) < 4.78 is 38.4. The van der Waals surface area contributed by atoms with Crippen molar-refractivity contribution in [2.45, 2.75) is 31.6 Å². The minimum Gasteiger partial charge on any atom is -0.394 e. The van der Waals surface area contributed by atoms with Crippen molar-refractivity contribution in [1.82, 2.24) is 25.1 Å². The minimum absolute atomic E-state index is 0.132. The molecule has 0 aliphatic carbocycles. The summed E-state index contributed by atoms with van der Waals surface area (Å²) in [6, 6.07) is 6.67. The SMILES string of the molecule is OCC1CCCN1c1ccc(-c2[nH]ncc2CN2CCN(c3ccc(C(F)(F)F)cn3)CC2)cn1. The maximum absolute atomic E-state index is 12.8. The van der Waals surface area contributed by atoms with Gasteiger partial charge in [-0.2, -0.15) is 18.3 Å². The molecule has 0 saturated carbocycles. The summed E-state index contributed by atoms with van der Waals surface area (Å²) in [5.41, 5.74) is 2.21. The third-order valence-electron chi connectivity index (χ3n) is 6.80. The average molecular weight is 488 g/mol. The van der Waals surface area contributed by atoms with Gasteiger partial charge in [-0.15, -0.1) is 0 Å². The molecule has 11 heteroatoms. The van der Waals surface area contributed by atoms with E-state index < -0.39 is 11.7 Å². The van der Waals surface area contributed by atoms with E-state index >= 15 is 0 Å². The molecular weight excluding hydrogens is 459 g/mol. The van der Waals surface area contributed by atoms with E-state index in [1.165, 1.54) is 6.07 Å². The molecule has 1 unspecified atom stereocenters. The molecule has 8 nitrogen and oxygen atoms in total. The van der Waals surface area contributed by atoms with Gasteiger partial charge in [-0.05, 0) is 37.1 Å². The van der Waals surface area contributed by atoms with E-state index in [9.17, 15) is 18.3 Å². The highest BCUT2D eigenvalue weighted by molar-refractivity contribution is 5.63. The number of rotatable bonds is 6. The number of nitrogens with one attached hydrogen (secondary N) is 1. The number of piperazine rings is 1. The van der Waals surface area contributed by atoms with E-state index in [-0.39, 0.29) is 12.6 Å². The summed E-state index contributed by atoms with van der Waals surface area (Å²) >= 11 is 0. The quantitative estimate of drug-likeness (QED) is 0.553. The monoisotopic (exact) mass is 487 g/mol. The van der Waals surface area contributed by atoms with Gasteiger partial charge in [0.2, 0.25) is 0 Å². The zero-order valence-electron chi connectivity index (χ0n) is 19.2. The zero-order valence-corrected chi connectivity index (χ0v) is 19.2. The maximum Gasteiger partial charge on any atom is 0.417 e. The predicted molar refractivity (Wildman–Crippen MR) is 126 cm³/mol. The summed E-state index contributed by atoms with van der Waals surface area (Å²) in [6.07, 6.45) is 2.22. The van der Waals surface area contributed by atoms with Gasteiger partial charge in [0.05, 0.1) is 30.1 Å². The Labute approximate surface area is 201 Å². The number of aromatic nitrogens is 4. The molecule has 186 valence electrons. The molecule has 2 aliphatic rings. The first-order valence-corrected chi connectivity index (χ1v) is 11.8. The first-order valence-electron chi connectivity index (χ1n) is 11.8. The van der Waals surface area contributed by atoms with Crippen molar-refractivity contribution in [1.29, 1.82) is 0 Å². The smallest absolute Gasteiger partial charge is 0.394 e. The lowest BCUT2D eigenvalue weighted by Crippen LogP contribution is -2.46. The van der Waals surface area contributed by atoms with Crippen LogP contribution >= 0.6 is 0 Å². The van der Waals surface area contributed by atoms with Crippen LogP contribution in [0.3, 0.4) is 0 Å². The van der Waals surface area contributed by atoms with Gasteiger partial charge in [-0.1, -0.05) is 0 Å². The second kappa shape index (κ2) is 9.82. The number of H-pyrrole nitrogens is 1. The molecule has 2 N–H and O–H groups in total. The van der Waals surface area contributed by atoms with Crippen LogP contribution in [0.15, 0.2) is 42.9 Å². The van der Waals surface area contributed by atoms with Crippen molar-refractivity contribution in [2.75, 3.05) is 49.1 Å². The normalized spacial score (nSPS) is 19.5. The van der Waals surface area contributed by atoms with Crippen molar-refractivity contribution in [3.63, 3.8) is 0 Å². The lowest BCUT2D eigenvalue weighted by atomic mass is 10.1. The summed E-state index contributed by atoms with van der Waals surface area (Å²) in [4.78, 5) is 15.1. The van der Waals surface area contributed by atoms with Crippen LogP contribution in [0.2, 0.25) is 0 Å². The highest BCUT2D eigenvalue weighted by atomic mass is 19.4. The number of anilines is 2. The molecule has 2 fully saturated rings. The molecule has 0 spiro atoms. The maximum atomic E-state index is 12.8. The molecule has 0 aromatic carbocycles. The van der Waals surface area contributed by atoms with E-state index in [4.69, 9.17) is 0 Å². The fourth-order valence-electron chi connectivity index (χ4n) is 4.83. The van der Waals surface area contributed by atoms with Crippen LogP contribution in [0.1, 0.15) is 24.0 Å². The van der Waals surface area contributed by atoms with E-state index in [0.29, 0.717) is 25.5 Å². The van der Waals surface area contributed by atoms with Crippen LogP contribution in [0.4, 0.5) is 24.8 Å². The number of alkyl halides is 3. The number of nitrogens with zero attached hydrogens (tertiary/aromatic N) is 6. The highest BCUT2D eigenvalue weighted by Crippen LogP contribution is 2.30. The van der Waals surface area contributed by atoms with Crippen molar-refractivity contribution in [3.05, 3.63) is 54.0 Å². The van der Waals surface area contributed by atoms with Crippen molar-refractivity contribution >= 4 is 11.6 Å². The molecule has 0 amide bonds. The van der Waals surface area contributed by atoms with Gasteiger partial charge in [-0.25, -0.2) is 9.97 Å². The Kier molecular flexibility index (Phi) is 6.61. The van der Waals surface area contributed by atoms with Crippen molar-refractivity contribution in [3.8, 4) is 11.3 Å². The second-order valence-corrected chi connectivity index (χ2v) is 9.01. The summed E-state index contributed by atoms with van der Waals surface area (Å²) in [6.45, 7) is 4.65. The molecule has 5 rings (SSSR count). The zero-order chi connectivity index (χ0) is 24.4. The van der Waals surface area contributed by atoms with Gasteiger partial charge in [0.1, 0.15) is 11.6 Å². The van der Waals surface area contributed by atoms with Crippen molar-refractivity contribution < 1.29 is 18.3 Å². The van der Waals surface area contributed by atoms with E-state index in [2.05, 4.69) is 30.0 Å². The predicted octanol–water partition coefficient (Wildman–Crippen LogP) is 3.17. The fraction of sp³-hybridized carbons (Fsp3) is 0.458. The first kappa shape index (κ1) is 23.6. The number of pyridine rings is 2. The Morgan fingerprint density at radius 3 is 2.37 bits per heavy atom. The molecular formula is C24H28F3N7O. The Hall–Kier alpha value is -3.18. The second-order valence-electron chi connectivity index (χ2n) is 9.01. The fourth-order valence-corrected chi connectivity index (χ4v) is 4.83. The minimum atomic E-state index is -4.38. The lowest BCUT2D eigenvalue weighted by Gasteiger charge is -2.35. The number of aromatic amines is 1. The number of halogens is 3. The summed E-state index contributed by atoms with van der Waals surface area (Å²) in [5.74, 6) is 1.44. The molecule has 2 aliphatic heterocycles. The molecule has 3 aromatic heterocycles. The summed E-state index contributed by atoms with van der Waals surface area (Å²) in [5, 5.41) is 16.9. The highest BCUT2D eigenvalue weighted by Gasteiger charge is 2.31. The topological polar surface area (TPSA) is 84.4 Å². The van der Waals surface area contributed by atoms with Gasteiger partial charge in [-0.3, -0.25) is 10.00 Å². The van der Waals surface area contributed by atoms with Crippen molar-refractivity contribution in [2.24, 2.45) is 0 Å². The average Bonchev–Trinajstić information content (AvgIpc) is 3.54. The van der Waals surface area contributed by atoms with Gasteiger partial charge < -0.3 is 14.9 Å². The van der Waals surface area contributed by atoms with Crippen LogP contribution in [-0.4, -0.2) is 75.5 Å². The van der Waals surface area contributed by atoms with Gasteiger partial charge >= 0.3 is 6.18 Å². The lowest BCUT2D eigenvalue weighted by molar-refractivity contribution is -0.137. The largest absolute Gasteiger partial charge is 0.417 e. The number of aliphatic hydroxyl groups is 1. The van der Waals surface area contributed by atoms with Crippen LogP contribution in [0, 0.1) is 0 Å².